The Morgan fingerprint density at radius 1 is 1.04 bits per heavy atom. The first-order valence-corrected chi connectivity index (χ1v) is 18.3. The number of unbranched alkanes of at least 4 members (excludes halogenated alkanes) is 1. The molecule has 0 saturated carbocycles. The Morgan fingerprint density at radius 3 is 2.39 bits per heavy atom. The monoisotopic (exact) mass is 726 g/mol. The van der Waals surface area contributed by atoms with Crippen LogP contribution in [0.25, 0.3) is 16.7 Å². The van der Waals surface area contributed by atoms with Gasteiger partial charge in [0.25, 0.3) is 5.91 Å². The highest BCUT2D eigenvalue weighted by Crippen LogP contribution is 2.46. The molecule has 3 aromatic carbocycles. The summed E-state index contributed by atoms with van der Waals surface area (Å²) in [6, 6.07) is 24.8. The number of piperazine rings is 1. The molecule has 3 amide bonds. The number of nitriles is 1. The topological polar surface area (TPSA) is 164 Å². The van der Waals surface area contributed by atoms with E-state index in [0.717, 1.165) is 44.9 Å². The molecule has 54 heavy (non-hydrogen) atoms. The van der Waals surface area contributed by atoms with Crippen molar-refractivity contribution < 1.29 is 28.7 Å². The number of carboxylic acid groups (broad SMARTS) is 1. The van der Waals surface area contributed by atoms with E-state index in [1.807, 2.05) is 91.5 Å². The first kappa shape index (κ1) is 36.1. The molecule has 276 valence electrons. The van der Waals surface area contributed by atoms with Crippen LogP contribution in [0.3, 0.4) is 0 Å². The number of anilines is 3. The third-order valence-corrected chi connectivity index (χ3v) is 10.7. The molecule has 7 rings (SSSR count). The zero-order chi connectivity index (χ0) is 38.0. The lowest BCUT2D eigenvalue weighted by atomic mass is 9.93. The number of nitrogens with one attached hydrogen (secondary N) is 2. The number of rotatable bonds is 9. The normalized spacial score (nSPS) is 19.6. The zero-order valence-electron chi connectivity index (χ0n) is 30.5. The van der Waals surface area contributed by atoms with Gasteiger partial charge in [-0.15, -0.1) is 0 Å². The van der Waals surface area contributed by atoms with Crippen LogP contribution in [0.1, 0.15) is 55.0 Å². The number of ether oxygens (including phenoxy) is 1. The predicted molar refractivity (Wildman–Crippen MR) is 202 cm³/mol. The second kappa shape index (κ2) is 15.0. The second-order valence-electron chi connectivity index (χ2n) is 13.8. The third kappa shape index (κ3) is 6.39. The number of carbonyl (C=O) groups is 3. The summed E-state index contributed by atoms with van der Waals surface area (Å²) in [5.41, 5.74) is 7.09. The van der Waals surface area contributed by atoms with E-state index in [0.29, 0.717) is 30.0 Å². The van der Waals surface area contributed by atoms with Gasteiger partial charge in [0, 0.05) is 12.7 Å². The Labute approximate surface area is 314 Å². The van der Waals surface area contributed by atoms with Gasteiger partial charge in [-0.3, -0.25) is 10.1 Å². The maximum absolute atomic E-state index is 14.6. The molecule has 2 atom stereocenters. The van der Waals surface area contributed by atoms with Crippen molar-refractivity contribution in [2.75, 3.05) is 54.9 Å². The van der Waals surface area contributed by atoms with Crippen molar-refractivity contribution in [2.45, 2.75) is 45.6 Å². The van der Waals surface area contributed by atoms with Gasteiger partial charge in [0.1, 0.15) is 36.6 Å². The molecular weight excluding hydrogens is 685 g/mol. The summed E-state index contributed by atoms with van der Waals surface area (Å²) in [5.74, 6) is -0.472. The van der Waals surface area contributed by atoms with Crippen LogP contribution in [0.2, 0.25) is 0 Å². The van der Waals surface area contributed by atoms with Crippen molar-refractivity contribution >= 4 is 41.0 Å². The predicted octanol–water partition coefficient (Wildman–Crippen LogP) is 5.46. The van der Waals surface area contributed by atoms with Crippen LogP contribution < -0.4 is 20.6 Å². The molecule has 0 radical (unpaired) electrons. The van der Waals surface area contributed by atoms with Gasteiger partial charge in [-0.2, -0.15) is 10.1 Å². The Bertz CT molecular complexity index is 2150. The Kier molecular flexibility index (Phi) is 10.0. The number of aryl methyl sites for hydroxylation is 1. The maximum atomic E-state index is 14.6. The van der Waals surface area contributed by atoms with E-state index in [2.05, 4.69) is 26.7 Å². The average molecular weight is 727 g/mol. The van der Waals surface area contributed by atoms with Gasteiger partial charge in [-0.05, 0) is 60.2 Å². The van der Waals surface area contributed by atoms with Crippen molar-refractivity contribution in [2.24, 2.45) is 0 Å². The van der Waals surface area contributed by atoms with Crippen LogP contribution in [-0.4, -0.2) is 82.8 Å². The Morgan fingerprint density at radius 2 is 1.72 bits per heavy atom. The number of benzene rings is 3. The van der Waals surface area contributed by atoms with E-state index in [4.69, 9.17) is 4.74 Å². The smallest absolute Gasteiger partial charge is 0.516 e. The number of hydrogen-bond acceptors (Lipinski definition) is 10. The largest absolute Gasteiger partial charge is 0.530 e. The van der Waals surface area contributed by atoms with E-state index >= 15 is 0 Å². The molecule has 0 bridgehead atoms. The highest BCUT2D eigenvalue weighted by molar-refractivity contribution is 5.95. The highest BCUT2D eigenvalue weighted by Gasteiger charge is 2.55. The van der Waals surface area contributed by atoms with Gasteiger partial charge >= 0.3 is 6.09 Å². The molecule has 2 N–H and O–H groups in total. The van der Waals surface area contributed by atoms with E-state index in [1.54, 1.807) is 6.92 Å². The standard InChI is InChI=1S/C41H42N8O5/c1-4-6-21-54-41(53)49(25-32-29-15-9-7-13-27(29)28-14-8-10-16-30(28)32)20-19-47(40(51)52)24-35(49)38(50)46-39-43-23-26(3)36(45-39)31(22-42)37-44-33-17-11-12-18-34(33)48(37)5-2/h7-18,23,32,35H,4-6,19-21,24-25H2,1-3H3,(H2-,43,44,45,46,50,51,52). The van der Waals surface area contributed by atoms with E-state index in [1.165, 1.54) is 6.20 Å². The molecule has 1 fully saturated rings. The number of fused-ring (bicyclic) bond motifs is 4. The minimum absolute atomic E-state index is 0.0123. The van der Waals surface area contributed by atoms with Crippen molar-refractivity contribution in [3.05, 3.63) is 107 Å². The van der Waals surface area contributed by atoms with Crippen LogP contribution in [0.5, 0.6) is 0 Å². The number of hydrogen-bond donors (Lipinski definition) is 2. The SMILES string of the molecule is CCCCOC(=O)[N+]1(CC2c3ccccc3-c3ccccc32)CCN(C(=O)[O-])CC1C(=O)Nc1ncc(C)c(/C(C#N)=C2\Nc3ccccc3N2CC)n1. The van der Waals surface area contributed by atoms with E-state index < -0.39 is 28.6 Å². The minimum Gasteiger partial charge on any atom is -0.530 e. The van der Waals surface area contributed by atoms with Crippen LogP contribution in [0, 0.1) is 18.3 Å². The summed E-state index contributed by atoms with van der Waals surface area (Å²) in [4.78, 5) is 53.5. The number of aromatic nitrogens is 2. The van der Waals surface area contributed by atoms with Crippen LogP contribution in [0.15, 0.2) is 84.8 Å². The van der Waals surface area contributed by atoms with Crippen LogP contribution in [-0.2, 0) is 9.53 Å². The van der Waals surface area contributed by atoms with Gasteiger partial charge < -0.3 is 29.8 Å². The number of para-hydroxylation sites is 2. The summed E-state index contributed by atoms with van der Waals surface area (Å²) in [6.45, 7) is 6.30. The Balaban J connectivity index is 1.27. The van der Waals surface area contributed by atoms with Crippen LogP contribution >= 0.6 is 0 Å². The van der Waals surface area contributed by atoms with Crippen molar-refractivity contribution in [3.63, 3.8) is 0 Å². The van der Waals surface area contributed by atoms with Crippen molar-refractivity contribution in [1.82, 2.24) is 14.9 Å². The van der Waals surface area contributed by atoms with E-state index in [-0.39, 0.29) is 50.2 Å². The van der Waals surface area contributed by atoms with Gasteiger partial charge in [-0.1, -0.05) is 74.0 Å². The number of amides is 3. The summed E-state index contributed by atoms with van der Waals surface area (Å²) >= 11 is 0. The van der Waals surface area contributed by atoms with Gasteiger partial charge in [0.15, 0.2) is 6.04 Å². The Hall–Kier alpha value is -6.26. The summed E-state index contributed by atoms with van der Waals surface area (Å²) in [5, 5.41) is 28.9. The molecule has 2 aliphatic heterocycles. The zero-order valence-corrected chi connectivity index (χ0v) is 30.5. The molecule has 3 heterocycles. The number of carbonyl (C=O) groups excluding carboxylic acids is 3. The molecule has 13 nitrogen and oxygen atoms in total. The molecule has 1 aliphatic carbocycles. The fraction of sp³-hybridized carbons (Fsp3) is 0.317. The molecule has 0 spiro atoms. The second-order valence-corrected chi connectivity index (χ2v) is 13.8. The summed E-state index contributed by atoms with van der Waals surface area (Å²) in [7, 11) is 0. The first-order valence-electron chi connectivity index (χ1n) is 18.3. The molecule has 3 aliphatic rings. The molecule has 4 aromatic rings. The lowest BCUT2D eigenvalue weighted by molar-refractivity contribution is -0.878. The third-order valence-electron chi connectivity index (χ3n) is 10.7. The van der Waals surface area contributed by atoms with Crippen LogP contribution in [0.4, 0.5) is 26.9 Å². The minimum atomic E-state index is -1.44. The summed E-state index contributed by atoms with van der Waals surface area (Å²) < 4.78 is 5.46. The first-order chi connectivity index (χ1) is 26.2. The van der Waals surface area contributed by atoms with Gasteiger partial charge in [0.05, 0.1) is 42.7 Å². The highest BCUT2D eigenvalue weighted by atomic mass is 16.6. The quantitative estimate of drug-likeness (QED) is 0.129. The average Bonchev–Trinajstić information content (AvgIpc) is 3.71. The van der Waals surface area contributed by atoms with E-state index in [9.17, 15) is 24.8 Å². The molecule has 1 saturated heterocycles. The van der Waals surface area contributed by atoms with Gasteiger partial charge in [0.2, 0.25) is 5.95 Å². The molecule has 1 aromatic heterocycles. The van der Waals surface area contributed by atoms with Crippen molar-refractivity contribution in [3.8, 4) is 17.2 Å². The summed E-state index contributed by atoms with van der Waals surface area (Å²) in [6.07, 6.45) is 0.915. The van der Waals surface area contributed by atoms with Crippen molar-refractivity contribution in [1.29, 1.82) is 5.26 Å². The lowest BCUT2D eigenvalue weighted by Gasteiger charge is -2.47. The number of allylic oxidation sites excluding steroid dienone is 1. The molecule has 2 unspecified atom stereocenters. The maximum Gasteiger partial charge on any atom is 0.516 e. The number of nitrogens with zero attached hydrogens (tertiary/aromatic N) is 6. The fourth-order valence-corrected chi connectivity index (χ4v) is 7.93. The number of quaternary nitrogens is 1. The fourth-order valence-electron chi connectivity index (χ4n) is 7.93. The lowest BCUT2D eigenvalue weighted by Crippen LogP contribution is -2.73. The molecule has 13 heteroatoms. The van der Waals surface area contributed by atoms with Gasteiger partial charge in [-0.25, -0.2) is 14.5 Å². The molecular formula is C41H42N8O5.